The van der Waals surface area contributed by atoms with Gasteiger partial charge in [-0.3, -0.25) is 4.90 Å². The molecule has 0 atom stereocenters. The van der Waals surface area contributed by atoms with Gasteiger partial charge in [-0.05, 0) is 48.8 Å². The maximum atomic E-state index is 11.1. The van der Waals surface area contributed by atoms with E-state index in [0.717, 1.165) is 5.69 Å². The monoisotopic (exact) mass is 286 g/mol. The molecule has 0 radical (unpaired) electrons. The summed E-state index contributed by atoms with van der Waals surface area (Å²) < 4.78 is 0.712. The highest BCUT2D eigenvalue weighted by molar-refractivity contribution is 9.10. The number of hydrogen-bond donors (Lipinski definition) is 1. The van der Waals surface area contributed by atoms with Crippen LogP contribution in [0.2, 0.25) is 0 Å². The maximum absolute atomic E-state index is 11.1. The third kappa shape index (κ3) is 3.48. The molecule has 1 N–H and O–H groups in total. The summed E-state index contributed by atoms with van der Waals surface area (Å²) in [6.07, 6.45) is -0.936. The largest absolute Gasteiger partial charge is 0.465 e. The van der Waals surface area contributed by atoms with Crippen molar-refractivity contribution in [2.45, 2.75) is 32.9 Å². The number of carboxylic acid groups (broad SMARTS) is 1. The SMILES string of the molecule is CC(C)(C)N(Cc1cccc(Br)n1)C(=O)O. The Labute approximate surface area is 103 Å². The van der Waals surface area contributed by atoms with E-state index < -0.39 is 11.6 Å². The zero-order valence-corrected chi connectivity index (χ0v) is 11.2. The van der Waals surface area contributed by atoms with Crippen molar-refractivity contribution >= 4 is 22.0 Å². The maximum Gasteiger partial charge on any atom is 0.408 e. The lowest BCUT2D eigenvalue weighted by molar-refractivity contribution is 0.0947. The molecule has 1 amide bonds. The van der Waals surface area contributed by atoms with E-state index in [4.69, 9.17) is 5.11 Å². The van der Waals surface area contributed by atoms with Gasteiger partial charge in [0.25, 0.3) is 0 Å². The molecular weight excluding hydrogens is 272 g/mol. The molecule has 16 heavy (non-hydrogen) atoms. The average molecular weight is 287 g/mol. The van der Waals surface area contributed by atoms with E-state index in [9.17, 15) is 4.79 Å². The van der Waals surface area contributed by atoms with Crippen LogP contribution in [0.25, 0.3) is 0 Å². The molecule has 0 saturated carbocycles. The van der Waals surface area contributed by atoms with Gasteiger partial charge in [0.05, 0.1) is 12.2 Å². The third-order valence-electron chi connectivity index (χ3n) is 2.13. The number of rotatable bonds is 2. The third-order valence-corrected chi connectivity index (χ3v) is 2.58. The first-order chi connectivity index (χ1) is 7.30. The lowest BCUT2D eigenvalue weighted by Gasteiger charge is -2.32. The van der Waals surface area contributed by atoms with Crippen molar-refractivity contribution in [1.82, 2.24) is 9.88 Å². The molecule has 0 bridgehead atoms. The summed E-state index contributed by atoms with van der Waals surface area (Å²) in [7, 11) is 0. The molecule has 0 unspecified atom stereocenters. The van der Waals surface area contributed by atoms with Crippen molar-refractivity contribution in [1.29, 1.82) is 0 Å². The van der Waals surface area contributed by atoms with Gasteiger partial charge in [0.1, 0.15) is 4.60 Å². The van der Waals surface area contributed by atoms with E-state index in [1.54, 1.807) is 0 Å². The van der Waals surface area contributed by atoms with Gasteiger partial charge in [-0.25, -0.2) is 9.78 Å². The first kappa shape index (κ1) is 13.0. The van der Waals surface area contributed by atoms with E-state index >= 15 is 0 Å². The zero-order valence-electron chi connectivity index (χ0n) is 9.57. The summed E-state index contributed by atoms with van der Waals surface area (Å²) in [6, 6.07) is 5.47. The molecule has 0 saturated heterocycles. The standard InChI is InChI=1S/C11H15BrN2O2/c1-11(2,3)14(10(15)16)7-8-5-4-6-9(12)13-8/h4-6H,7H2,1-3H3,(H,15,16). The summed E-state index contributed by atoms with van der Waals surface area (Å²) >= 11 is 3.26. The van der Waals surface area contributed by atoms with E-state index in [2.05, 4.69) is 20.9 Å². The summed E-state index contributed by atoms with van der Waals surface area (Å²) in [5.41, 5.74) is 0.294. The second kappa shape index (κ2) is 4.82. The van der Waals surface area contributed by atoms with Crippen LogP contribution < -0.4 is 0 Å². The Morgan fingerprint density at radius 1 is 1.50 bits per heavy atom. The Bertz CT molecular complexity index is 388. The van der Waals surface area contributed by atoms with E-state index in [1.807, 2.05) is 39.0 Å². The number of pyridine rings is 1. The predicted molar refractivity (Wildman–Crippen MR) is 65.3 cm³/mol. The van der Waals surface area contributed by atoms with Gasteiger partial charge in [-0.1, -0.05) is 6.07 Å². The number of aromatic nitrogens is 1. The van der Waals surface area contributed by atoms with Gasteiger partial charge < -0.3 is 5.11 Å². The Morgan fingerprint density at radius 2 is 2.12 bits per heavy atom. The minimum atomic E-state index is -0.936. The van der Waals surface area contributed by atoms with Crippen LogP contribution in [-0.4, -0.2) is 26.6 Å². The van der Waals surface area contributed by atoms with Gasteiger partial charge in [-0.15, -0.1) is 0 Å². The lowest BCUT2D eigenvalue weighted by Crippen LogP contribution is -2.44. The molecule has 0 aliphatic rings. The van der Waals surface area contributed by atoms with Crippen LogP contribution in [-0.2, 0) is 6.54 Å². The molecule has 5 heteroatoms. The summed E-state index contributed by atoms with van der Waals surface area (Å²) in [5, 5.41) is 9.13. The smallest absolute Gasteiger partial charge is 0.408 e. The van der Waals surface area contributed by atoms with Gasteiger partial charge in [0, 0.05) is 5.54 Å². The molecule has 0 aliphatic heterocycles. The minimum Gasteiger partial charge on any atom is -0.465 e. The second-order valence-corrected chi connectivity index (χ2v) is 5.30. The minimum absolute atomic E-state index is 0.290. The Morgan fingerprint density at radius 3 is 2.56 bits per heavy atom. The number of hydrogen-bond acceptors (Lipinski definition) is 2. The first-order valence-corrected chi connectivity index (χ1v) is 5.72. The molecule has 1 aromatic rings. The first-order valence-electron chi connectivity index (χ1n) is 4.92. The molecule has 1 aromatic heterocycles. The molecule has 0 fully saturated rings. The Balaban J connectivity index is 2.89. The highest BCUT2D eigenvalue weighted by Gasteiger charge is 2.26. The number of halogens is 1. The predicted octanol–water partition coefficient (Wildman–Crippen LogP) is 3.12. The zero-order chi connectivity index (χ0) is 12.3. The Kier molecular flexibility index (Phi) is 3.91. The number of carbonyl (C=O) groups is 1. The topological polar surface area (TPSA) is 53.4 Å². The van der Waals surface area contributed by atoms with Gasteiger partial charge >= 0.3 is 6.09 Å². The highest BCUT2D eigenvalue weighted by Crippen LogP contribution is 2.17. The summed E-state index contributed by atoms with van der Waals surface area (Å²) in [5.74, 6) is 0. The molecule has 1 rings (SSSR count). The molecule has 0 aliphatic carbocycles. The van der Waals surface area contributed by atoms with Crippen molar-refractivity contribution in [2.24, 2.45) is 0 Å². The van der Waals surface area contributed by atoms with Gasteiger partial charge in [0.15, 0.2) is 0 Å². The van der Waals surface area contributed by atoms with Gasteiger partial charge in [0.2, 0.25) is 0 Å². The van der Waals surface area contributed by atoms with Crippen LogP contribution >= 0.6 is 15.9 Å². The number of nitrogens with zero attached hydrogens (tertiary/aromatic N) is 2. The van der Waals surface area contributed by atoms with Crippen molar-refractivity contribution in [2.75, 3.05) is 0 Å². The van der Waals surface area contributed by atoms with Crippen LogP contribution in [0.5, 0.6) is 0 Å². The second-order valence-electron chi connectivity index (χ2n) is 4.49. The normalized spacial score (nSPS) is 11.2. The van der Waals surface area contributed by atoms with Gasteiger partial charge in [-0.2, -0.15) is 0 Å². The van der Waals surface area contributed by atoms with E-state index in [-0.39, 0.29) is 6.54 Å². The van der Waals surface area contributed by atoms with E-state index in [0.29, 0.717) is 4.60 Å². The van der Waals surface area contributed by atoms with Crippen LogP contribution in [0.3, 0.4) is 0 Å². The lowest BCUT2D eigenvalue weighted by atomic mass is 10.1. The van der Waals surface area contributed by atoms with Crippen molar-refractivity contribution in [3.63, 3.8) is 0 Å². The molecule has 0 spiro atoms. The summed E-state index contributed by atoms with van der Waals surface area (Å²) in [6.45, 7) is 5.87. The molecular formula is C11H15BrN2O2. The number of amides is 1. The quantitative estimate of drug-likeness (QED) is 0.850. The average Bonchev–Trinajstić information content (AvgIpc) is 2.12. The van der Waals surface area contributed by atoms with Crippen LogP contribution in [0.1, 0.15) is 26.5 Å². The molecule has 88 valence electrons. The molecule has 4 nitrogen and oxygen atoms in total. The summed E-state index contributed by atoms with van der Waals surface area (Å²) in [4.78, 5) is 16.7. The Hall–Kier alpha value is -1.10. The fraction of sp³-hybridized carbons (Fsp3) is 0.455. The molecule has 1 heterocycles. The fourth-order valence-corrected chi connectivity index (χ4v) is 1.67. The van der Waals surface area contributed by atoms with Crippen LogP contribution in [0.4, 0.5) is 4.79 Å². The van der Waals surface area contributed by atoms with Crippen LogP contribution in [0.15, 0.2) is 22.8 Å². The van der Waals surface area contributed by atoms with Crippen LogP contribution in [0, 0.1) is 0 Å². The van der Waals surface area contributed by atoms with E-state index in [1.165, 1.54) is 4.90 Å². The van der Waals surface area contributed by atoms with Crippen molar-refractivity contribution in [3.8, 4) is 0 Å². The van der Waals surface area contributed by atoms with Crippen molar-refractivity contribution in [3.05, 3.63) is 28.5 Å². The fourth-order valence-electron chi connectivity index (χ4n) is 1.29. The van der Waals surface area contributed by atoms with Crippen molar-refractivity contribution < 1.29 is 9.90 Å². The molecule has 0 aromatic carbocycles. The highest BCUT2D eigenvalue weighted by atomic mass is 79.9.